The predicted molar refractivity (Wildman–Crippen MR) is 115 cm³/mol. The van der Waals surface area contributed by atoms with Gasteiger partial charge in [-0.1, -0.05) is 24.3 Å². The highest BCUT2D eigenvalue weighted by atomic mass is 19.4. The van der Waals surface area contributed by atoms with E-state index in [-0.39, 0.29) is 23.5 Å². The number of amides is 2. The molecule has 0 radical (unpaired) electrons. The van der Waals surface area contributed by atoms with E-state index in [1.54, 1.807) is 18.2 Å². The summed E-state index contributed by atoms with van der Waals surface area (Å²) in [7, 11) is 0. The number of anilines is 1. The molecule has 2 unspecified atom stereocenters. The fourth-order valence-electron chi connectivity index (χ4n) is 3.69. The van der Waals surface area contributed by atoms with Crippen molar-refractivity contribution in [2.45, 2.75) is 38.8 Å². The van der Waals surface area contributed by atoms with Crippen LogP contribution in [0.2, 0.25) is 0 Å². The molecule has 1 aliphatic rings. The second-order valence-electron chi connectivity index (χ2n) is 7.95. The van der Waals surface area contributed by atoms with Crippen molar-refractivity contribution in [3.05, 3.63) is 65.2 Å². The zero-order valence-electron chi connectivity index (χ0n) is 17.9. The van der Waals surface area contributed by atoms with Crippen molar-refractivity contribution in [1.29, 1.82) is 0 Å². The van der Waals surface area contributed by atoms with Crippen molar-refractivity contribution >= 4 is 17.5 Å². The fourth-order valence-corrected chi connectivity index (χ4v) is 3.69. The van der Waals surface area contributed by atoms with Gasteiger partial charge in [0.1, 0.15) is 6.54 Å². The van der Waals surface area contributed by atoms with Crippen molar-refractivity contribution in [1.82, 2.24) is 10.2 Å². The number of halogens is 3. The number of rotatable bonds is 6. The Balaban J connectivity index is 1.63. The van der Waals surface area contributed by atoms with Gasteiger partial charge in [-0.05, 0) is 43.7 Å². The first-order valence-corrected chi connectivity index (χ1v) is 10.3. The molecule has 6 nitrogen and oxygen atoms in total. The van der Waals surface area contributed by atoms with Crippen molar-refractivity contribution in [2.24, 2.45) is 0 Å². The Morgan fingerprint density at radius 3 is 2.25 bits per heavy atom. The van der Waals surface area contributed by atoms with E-state index in [9.17, 15) is 22.8 Å². The summed E-state index contributed by atoms with van der Waals surface area (Å²) in [5.41, 5.74) is 1.52. The number of benzene rings is 2. The molecular formula is C23H26F3N3O3. The van der Waals surface area contributed by atoms with Gasteiger partial charge in [0, 0.05) is 25.2 Å². The number of nitrogens with zero attached hydrogens (tertiary/aromatic N) is 1. The van der Waals surface area contributed by atoms with Crippen LogP contribution in [-0.2, 0) is 11.3 Å². The molecule has 0 aromatic heterocycles. The van der Waals surface area contributed by atoms with E-state index in [0.29, 0.717) is 5.56 Å². The van der Waals surface area contributed by atoms with Gasteiger partial charge in [0.2, 0.25) is 0 Å². The van der Waals surface area contributed by atoms with E-state index < -0.39 is 24.5 Å². The summed E-state index contributed by atoms with van der Waals surface area (Å²) in [6.07, 6.45) is -4.19. The van der Waals surface area contributed by atoms with Crippen molar-refractivity contribution in [3.63, 3.8) is 0 Å². The van der Waals surface area contributed by atoms with Crippen LogP contribution in [-0.4, -0.2) is 54.7 Å². The lowest BCUT2D eigenvalue weighted by Crippen LogP contribution is -2.44. The Bertz CT molecular complexity index is 937. The van der Waals surface area contributed by atoms with E-state index >= 15 is 0 Å². The highest BCUT2D eigenvalue weighted by Gasteiger charge is 2.28. The standard InChI is InChI=1S/C23H26F3N3O3/c1-15-11-29(12-16(2)32-15)13-17-7-9-18(10-8-17)21(30)28-20-6-4-3-5-19(20)22(31)27-14-23(24,25)26/h3-10,15-16H,11-14H2,1-2H3,(H,27,31)(H,28,30). The monoisotopic (exact) mass is 449 g/mol. The van der Waals surface area contributed by atoms with Crippen LogP contribution in [0.15, 0.2) is 48.5 Å². The number of morpholine rings is 1. The smallest absolute Gasteiger partial charge is 0.373 e. The minimum Gasteiger partial charge on any atom is -0.373 e. The van der Waals surface area contributed by atoms with E-state index in [4.69, 9.17) is 4.74 Å². The topological polar surface area (TPSA) is 70.7 Å². The van der Waals surface area contributed by atoms with Crippen molar-refractivity contribution < 1.29 is 27.5 Å². The summed E-state index contributed by atoms with van der Waals surface area (Å²) in [5.74, 6) is -1.37. The van der Waals surface area contributed by atoms with E-state index in [0.717, 1.165) is 25.2 Å². The summed E-state index contributed by atoms with van der Waals surface area (Å²) >= 11 is 0. The van der Waals surface area contributed by atoms with Gasteiger partial charge in [-0.3, -0.25) is 14.5 Å². The van der Waals surface area contributed by atoms with E-state index in [1.807, 2.05) is 31.3 Å². The summed E-state index contributed by atoms with van der Waals surface area (Å²) in [6, 6.07) is 13.0. The Morgan fingerprint density at radius 1 is 1.00 bits per heavy atom. The number of hydrogen-bond acceptors (Lipinski definition) is 4. The van der Waals surface area contributed by atoms with Gasteiger partial charge in [-0.15, -0.1) is 0 Å². The molecule has 1 aliphatic heterocycles. The number of ether oxygens (including phenoxy) is 1. The fraction of sp³-hybridized carbons (Fsp3) is 0.391. The molecule has 2 aromatic rings. The van der Waals surface area contributed by atoms with Gasteiger partial charge in [-0.2, -0.15) is 13.2 Å². The third-order valence-corrected chi connectivity index (χ3v) is 4.99. The minimum absolute atomic E-state index is 0.0442. The number of hydrogen-bond donors (Lipinski definition) is 2. The molecule has 172 valence electrons. The normalized spacial score (nSPS) is 19.4. The molecule has 2 amide bonds. The molecule has 1 fully saturated rings. The first-order chi connectivity index (χ1) is 15.1. The Morgan fingerprint density at radius 2 is 1.62 bits per heavy atom. The molecular weight excluding hydrogens is 423 g/mol. The molecule has 32 heavy (non-hydrogen) atoms. The van der Waals surface area contributed by atoms with Crippen LogP contribution >= 0.6 is 0 Å². The third kappa shape index (κ3) is 6.80. The Labute approximate surface area is 184 Å². The summed E-state index contributed by atoms with van der Waals surface area (Å²) in [6.45, 7) is 5.03. The molecule has 0 spiro atoms. The zero-order chi connectivity index (χ0) is 23.3. The van der Waals surface area contributed by atoms with E-state index in [1.165, 1.54) is 18.2 Å². The van der Waals surface area contributed by atoms with Crippen molar-refractivity contribution in [2.75, 3.05) is 25.0 Å². The van der Waals surface area contributed by atoms with Gasteiger partial charge in [0.25, 0.3) is 11.8 Å². The van der Waals surface area contributed by atoms with Gasteiger partial charge in [0.15, 0.2) is 0 Å². The first-order valence-electron chi connectivity index (χ1n) is 10.3. The first kappa shape index (κ1) is 23.7. The lowest BCUT2D eigenvalue weighted by Gasteiger charge is -2.35. The minimum atomic E-state index is -4.52. The van der Waals surface area contributed by atoms with Crippen molar-refractivity contribution in [3.8, 4) is 0 Å². The number of para-hydroxylation sites is 1. The number of alkyl halides is 3. The van der Waals surface area contributed by atoms with Crippen LogP contribution in [0.4, 0.5) is 18.9 Å². The Hall–Kier alpha value is -2.91. The van der Waals surface area contributed by atoms with Crippen LogP contribution in [0.5, 0.6) is 0 Å². The molecule has 0 bridgehead atoms. The average molecular weight is 449 g/mol. The summed E-state index contributed by atoms with van der Waals surface area (Å²) in [5, 5.41) is 4.43. The molecule has 9 heteroatoms. The largest absolute Gasteiger partial charge is 0.405 e. The molecule has 1 heterocycles. The predicted octanol–water partition coefficient (Wildman–Crippen LogP) is 3.84. The molecule has 2 N–H and O–H groups in total. The second kappa shape index (κ2) is 10.1. The zero-order valence-corrected chi connectivity index (χ0v) is 17.9. The van der Waals surface area contributed by atoms with E-state index in [2.05, 4.69) is 10.2 Å². The van der Waals surface area contributed by atoms with Crippen LogP contribution in [0.3, 0.4) is 0 Å². The summed E-state index contributed by atoms with van der Waals surface area (Å²) < 4.78 is 42.9. The van der Waals surface area contributed by atoms with Crippen LogP contribution < -0.4 is 10.6 Å². The molecule has 2 atom stereocenters. The van der Waals surface area contributed by atoms with Gasteiger partial charge in [0.05, 0.1) is 23.5 Å². The number of carbonyl (C=O) groups is 2. The lowest BCUT2D eigenvalue weighted by atomic mass is 10.1. The highest BCUT2D eigenvalue weighted by Crippen LogP contribution is 2.19. The third-order valence-electron chi connectivity index (χ3n) is 4.99. The highest BCUT2D eigenvalue weighted by molar-refractivity contribution is 6.09. The van der Waals surface area contributed by atoms with Crippen LogP contribution in [0.1, 0.15) is 40.1 Å². The van der Waals surface area contributed by atoms with Gasteiger partial charge in [-0.25, -0.2) is 0 Å². The lowest BCUT2D eigenvalue weighted by molar-refractivity contribution is -0.123. The summed E-state index contributed by atoms with van der Waals surface area (Å²) in [4.78, 5) is 27.1. The van der Waals surface area contributed by atoms with Gasteiger partial charge >= 0.3 is 6.18 Å². The molecule has 2 aromatic carbocycles. The maximum absolute atomic E-state index is 12.6. The molecule has 1 saturated heterocycles. The van der Waals surface area contributed by atoms with Crippen LogP contribution in [0, 0.1) is 0 Å². The number of carbonyl (C=O) groups excluding carboxylic acids is 2. The average Bonchev–Trinajstić information content (AvgIpc) is 2.71. The Kier molecular flexibility index (Phi) is 7.52. The molecule has 3 rings (SSSR count). The molecule has 0 saturated carbocycles. The van der Waals surface area contributed by atoms with Gasteiger partial charge < -0.3 is 15.4 Å². The SMILES string of the molecule is CC1CN(Cc2ccc(C(=O)Nc3ccccc3C(=O)NCC(F)(F)F)cc2)CC(C)O1. The van der Waals surface area contributed by atoms with Crippen LogP contribution in [0.25, 0.3) is 0 Å². The molecule has 0 aliphatic carbocycles. The maximum Gasteiger partial charge on any atom is 0.405 e. The number of nitrogens with one attached hydrogen (secondary N) is 2. The maximum atomic E-state index is 12.6. The quantitative estimate of drug-likeness (QED) is 0.703. The second-order valence-corrected chi connectivity index (χ2v) is 7.95.